The fourth-order valence-electron chi connectivity index (χ4n) is 1.69. The molecule has 1 aromatic rings. The Labute approximate surface area is 147 Å². The fourth-order valence-corrected chi connectivity index (χ4v) is 2.26. The second-order valence-electron chi connectivity index (χ2n) is 4.58. The van der Waals surface area contributed by atoms with Gasteiger partial charge >= 0.3 is 0 Å². The highest BCUT2D eigenvalue weighted by Gasteiger charge is 2.13. The van der Waals surface area contributed by atoms with Crippen molar-refractivity contribution in [3.05, 3.63) is 22.2 Å². The summed E-state index contributed by atoms with van der Waals surface area (Å²) in [5, 5.41) is 13.9. The third-order valence-corrected chi connectivity index (χ3v) is 3.34. The molecule has 0 radical (unpaired) electrons. The van der Waals surface area contributed by atoms with E-state index in [0.717, 1.165) is 0 Å². The highest BCUT2D eigenvalue weighted by molar-refractivity contribution is 9.10. The number of carbonyl (C=O) groups is 2. The van der Waals surface area contributed by atoms with Crippen LogP contribution in [0.15, 0.2) is 21.7 Å². The number of hydrogen-bond acceptors (Lipinski definition) is 6. The first-order valence-electron chi connectivity index (χ1n) is 6.86. The van der Waals surface area contributed by atoms with E-state index in [1.165, 1.54) is 25.3 Å². The Balaban J connectivity index is 3.02. The molecule has 0 heterocycles. The minimum Gasteiger partial charge on any atom is -0.493 e. The Morgan fingerprint density at radius 2 is 2.21 bits per heavy atom. The molecule has 0 fully saturated rings. The molecule has 0 aliphatic carbocycles. The first-order valence-corrected chi connectivity index (χ1v) is 7.66. The van der Waals surface area contributed by atoms with Crippen molar-refractivity contribution in [2.24, 2.45) is 10.8 Å². The van der Waals surface area contributed by atoms with Crippen molar-refractivity contribution in [1.29, 1.82) is 5.26 Å². The Morgan fingerprint density at radius 1 is 1.50 bits per heavy atom. The maximum absolute atomic E-state index is 11.5. The van der Waals surface area contributed by atoms with Gasteiger partial charge in [0.25, 0.3) is 5.91 Å². The van der Waals surface area contributed by atoms with Crippen molar-refractivity contribution in [1.82, 2.24) is 5.01 Å². The van der Waals surface area contributed by atoms with Crippen LogP contribution in [0.3, 0.4) is 0 Å². The van der Waals surface area contributed by atoms with E-state index in [2.05, 4.69) is 21.0 Å². The normalized spacial score (nSPS) is 10.2. The minimum atomic E-state index is -0.607. The van der Waals surface area contributed by atoms with Gasteiger partial charge in [0.05, 0.1) is 36.8 Å². The molecule has 0 unspecified atom stereocenters. The zero-order chi connectivity index (χ0) is 18.1. The quantitative estimate of drug-likeness (QED) is 0.526. The minimum absolute atomic E-state index is 0.184. The molecule has 0 atom stereocenters. The molecular weight excluding hydrogens is 380 g/mol. The number of halogens is 1. The predicted molar refractivity (Wildman–Crippen MR) is 90.6 cm³/mol. The molecule has 24 heavy (non-hydrogen) atoms. The maximum Gasteiger partial charge on any atom is 0.255 e. The molecule has 0 spiro atoms. The molecule has 0 saturated heterocycles. The van der Waals surface area contributed by atoms with Crippen molar-refractivity contribution >= 4 is 34.0 Å². The van der Waals surface area contributed by atoms with E-state index < -0.39 is 5.91 Å². The number of amides is 2. The topological polar surface area (TPSA) is 118 Å². The molecule has 2 N–H and O–H groups in total. The van der Waals surface area contributed by atoms with Gasteiger partial charge in [-0.3, -0.25) is 9.59 Å². The number of nitrogens with two attached hydrogens (primary N) is 1. The van der Waals surface area contributed by atoms with E-state index in [0.29, 0.717) is 21.5 Å². The Bertz CT molecular complexity index is 685. The molecule has 128 valence electrons. The zero-order valence-corrected chi connectivity index (χ0v) is 14.9. The van der Waals surface area contributed by atoms with Gasteiger partial charge in [-0.2, -0.15) is 10.4 Å². The third-order valence-electron chi connectivity index (χ3n) is 2.76. The van der Waals surface area contributed by atoms with Crippen molar-refractivity contribution in [3.8, 4) is 17.6 Å². The molecule has 0 aliphatic rings. The molecule has 0 saturated carbocycles. The van der Waals surface area contributed by atoms with Crippen LogP contribution in [0.2, 0.25) is 0 Å². The lowest BCUT2D eigenvalue weighted by molar-refractivity contribution is -0.128. The molecule has 0 aromatic heterocycles. The molecule has 0 aliphatic heterocycles. The average molecular weight is 397 g/mol. The molecule has 2 amide bonds. The predicted octanol–water partition coefficient (Wildman–Crippen LogP) is 1.42. The molecule has 1 aromatic carbocycles. The summed E-state index contributed by atoms with van der Waals surface area (Å²) >= 11 is 3.32. The lowest BCUT2D eigenvalue weighted by Gasteiger charge is -2.14. The second kappa shape index (κ2) is 9.52. The average Bonchev–Trinajstić information content (AvgIpc) is 2.52. The summed E-state index contributed by atoms with van der Waals surface area (Å²) in [5.74, 6) is -0.169. The van der Waals surface area contributed by atoms with Crippen LogP contribution in [0.4, 0.5) is 0 Å². The van der Waals surface area contributed by atoms with E-state index in [4.69, 9.17) is 20.5 Å². The summed E-state index contributed by atoms with van der Waals surface area (Å²) in [4.78, 5) is 22.3. The van der Waals surface area contributed by atoms with Crippen LogP contribution >= 0.6 is 15.9 Å². The lowest BCUT2D eigenvalue weighted by atomic mass is 10.2. The summed E-state index contributed by atoms with van der Waals surface area (Å²) in [6.45, 7) is 1.29. The van der Waals surface area contributed by atoms with Gasteiger partial charge in [-0.05, 0) is 33.6 Å². The molecule has 1 rings (SSSR count). The standard InChI is InChI=1S/C15H17BrN4O4/c1-10(21)20(5-3-4-17)19-8-11-6-12(16)15(13(7-11)23-2)24-9-14(18)22/h6-8H,3,5,9H2,1-2H3,(H2,18,22)/b19-8+. The number of benzene rings is 1. The van der Waals surface area contributed by atoms with Crippen LogP contribution in [0.1, 0.15) is 18.9 Å². The first-order chi connectivity index (χ1) is 11.4. The van der Waals surface area contributed by atoms with E-state index in [9.17, 15) is 9.59 Å². The number of hydrazone groups is 1. The number of ether oxygens (including phenoxy) is 2. The van der Waals surface area contributed by atoms with Crippen LogP contribution in [0.25, 0.3) is 0 Å². The maximum atomic E-state index is 11.5. The van der Waals surface area contributed by atoms with Gasteiger partial charge in [0.1, 0.15) is 0 Å². The second-order valence-corrected chi connectivity index (χ2v) is 5.44. The van der Waals surface area contributed by atoms with Crippen molar-refractivity contribution in [2.45, 2.75) is 13.3 Å². The molecular formula is C15H17BrN4O4. The van der Waals surface area contributed by atoms with Crippen LogP contribution in [0, 0.1) is 11.3 Å². The summed E-state index contributed by atoms with van der Waals surface area (Å²) in [7, 11) is 1.45. The van der Waals surface area contributed by atoms with Gasteiger partial charge < -0.3 is 15.2 Å². The van der Waals surface area contributed by atoms with Crippen molar-refractivity contribution in [3.63, 3.8) is 0 Å². The molecule has 8 nitrogen and oxygen atoms in total. The Hall–Kier alpha value is -2.60. The van der Waals surface area contributed by atoms with E-state index in [-0.39, 0.29) is 25.5 Å². The van der Waals surface area contributed by atoms with E-state index >= 15 is 0 Å². The fraction of sp³-hybridized carbons (Fsp3) is 0.333. The third kappa shape index (κ3) is 5.89. The summed E-state index contributed by atoms with van der Waals surface area (Å²) in [5.41, 5.74) is 5.69. The number of nitriles is 1. The molecule has 0 bridgehead atoms. The molecule has 9 heteroatoms. The zero-order valence-electron chi connectivity index (χ0n) is 13.3. The highest BCUT2D eigenvalue weighted by Crippen LogP contribution is 2.36. The number of hydrogen-bond donors (Lipinski definition) is 1. The largest absolute Gasteiger partial charge is 0.493 e. The van der Waals surface area contributed by atoms with E-state index in [1.807, 2.05) is 6.07 Å². The van der Waals surface area contributed by atoms with Crippen LogP contribution < -0.4 is 15.2 Å². The summed E-state index contributed by atoms with van der Waals surface area (Å²) in [6.07, 6.45) is 1.65. The van der Waals surface area contributed by atoms with Crippen molar-refractivity contribution in [2.75, 3.05) is 20.3 Å². The lowest BCUT2D eigenvalue weighted by Crippen LogP contribution is -2.24. The summed E-state index contributed by atoms with van der Waals surface area (Å²) in [6, 6.07) is 5.28. The number of nitrogens with zero attached hydrogens (tertiary/aromatic N) is 3. The SMILES string of the molecule is COc1cc(/C=N/N(CCC#N)C(C)=O)cc(Br)c1OCC(N)=O. The number of rotatable bonds is 8. The van der Waals surface area contributed by atoms with Gasteiger partial charge in [-0.1, -0.05) is 0 Å². The van der Waals surface area contributed by atoms with Gasteiger partial charge in [0.2, 0.25) is 5.91 Å². The van der Waals surface area contributed by atoms with Gasteiger partial charge in [-0.15, -0.1) is 0 Å². The smallest absolute Gasteiger partial charge is 0.255 e. The number of methoxy groups -OCH3 is 1. The first kappa shape index (κ1) is 19.4. The summed E-state index contributed by atoms with van der Waals surface area (Å²) < 4.78 is 11.1. The Morgan fingerprint density at radius 3 is 2.75 bits per heavy atom. The van der Waals surface area contributed by atoms with Crippen molar-refractivity contribution < 1.29 is 19.1 Å². The van der Waals surface area contributed by atoms with Crippen LogP contribution in [-0.4, -0.2) is 43.3 Å². The monoisotopic (exact) mass is 396 g/mol. The highest BCUT2D eigenvalue weighted by atomic mass is 79.9. The van der Waals surface area contributed by atoms with Crippen LogP contribution in [0.5, 0.6) is 11.5 Å². The van der Waals surface area contributed by atoms with Crippen LogP contribution in [-0.2, 0) is 9.59 Å². The van der Waals surface area contributed by atoms with Gasteiger partial charge in [0, 0.05) is 6.92 Å². The van der Waals surface area contributed by atoms with E-state index in [1.54, 1.807) is 12.1 Å². The number of carbonyl (C=O) groups excluding carboxylic acids is 2. The van der Waals surface area contributed by atoms with Gasteiger partial charge in [0.15, 0.2) is 18.1 Å². The number of primary amides is 1. The Kier molecular flexibility index (Phi) is 7.71. The van der Waals surface area contributed by atoms with Gasteiger partial charge in [-0.25, -0.2) is 5.01 Å².